The topological polar surface area (TPSA) is 43.6 Å². The molecule has 0 spiro atoms. The average molecular weight is 416 g/mol. The molecule has 0 saturated heterocycles. The highest BCUT2D eigenvalue weighted by atomic mass is 16.5. The summed E-state index contributed by atoms with van der Waals surface area (Å²) in [5.74, 6) is -0.313. The number of fused-ring (bicyclic) bond motifs is 6. The fraction of sp³-hybridized carbons (Fsp3) is 0.0714. The molecule has 0 N–H and O–H groups in total. The summed E-state index contributed by atoms with van der Waals surface area (Å²) in [6.45, 7) is 2.16. The lowest BCUT2D eigenvalue weighted by Gasteiger charge is -2.11. The minimum Gasteiger partial charge on any atom is -0.462 e. The first-order valence-corrected chi connectivity index (χ1v) is 10.7. The summed E-state index contributed by atoms with van der Waals surface area (Å²) < 4.78 is 7.56. The number of rotatable bonds is 3. The van der Waals surface area contributed by atoms with Gasteiger partial charge in [0.2, 0.25) is 0 Å². The van der Waals surface area contributed by atoms with Crippen molar-refractivity contribution in [3.63, 3.8) is 0 Å². The van der Waals surface area contributed by atoms with Crippen LogP contribution in [0.15, 0.2) is 91.1 Å². The van der Waals surface area contributed by atoms with E-state index in [9.17, 15) is 4.79 Å². The van der Waals surface area contributed by atoms with Crippen LogP contribution in [-0.4, -0.2) is 22.0 Å². The number of carbonyl (C=O) groups is 1. The summed E-state index contributed by atoms with van der Waals surface area (Å²) >= 11 is 0. The second kappa shape index (κ2) is 7.20. The van der Waals surface area contributed by atoms with E-state index in [-0.39, 0.29) is 5.97 Å². The molecule has 0 atom stereocenters. The van der Waals surface area contributed by atoms with E-state index in [4.69, 9.17) is 9.72 Å². The molecular formula is C28H20N2O2. The molecule has 6 rings (SSSR count). The Labute approximate surface area is 184 Å². The Morgan fingerprint density at radius 2 is 1.62 bits per heavy atom. The molecule has 3 heterocycles. The van der Waals surface area contributed by atoms with Crippen molar-refractivity contribution >= 4 is 44.1 Å². The summed E-state index contributed by atoms with van der Waals surface area (Å²) in [5, 5.41) is 4.10. The molecule has 0 aliphatic carbocycles. The molecule has 0 saturated carbocycles. The minimum atomic E-state index is -0.313. The number of hydrogen-bond acceptors (Lipinski definition) is 3. The van der Waals surface area contributed by atoms with Crippen molar-refractivity contribution < 1.29 is 9.53 Å². The second-order valence-corrected chi connectivity index (χ2v) is 7.78. The largest absolute Gasteiger partial charge is 0.462 e. The number of pyridine rings is 2. The van der Waals surface area contributed by atoms with Crippen molar-refractivity contribution in [2.24, 2.45) is 0 Å². The Hall–Kier alpha value is -4.18. The number of aromatic nitrogens is 2. The van der Waals surface area contributed by atoms with Gasteiger partial charge >= 0.3 is 5.97 Å². The van der Waals surface area contributed by atoms with E-state index in [1.807, 2.05) is 67.7 Å². The van der Waals surface area contributed by atoms with Gasteiger partial charge in [0, 0.05) is 22.5 Å². The highest BCUT2D eigenvalue weighted by Gasteiger charge is 2.25. The van der Waals surface area contributed by atoms with Gasteiger partial charge in [-0.15, -0.1) is 0 Å². The van der Waals surface area contributed by atoms with Crippen molar-refractivity contribution in [1.82, 2.24) is 9.38 Å². The standard InChI is InChI=1S/C28H20N2O2/c1-2-32-28(31)25-23-16-7-8-17-30(23)27-24(25)21-13-5-6-15-22(21)29-26(27)20-14-9-11-18-10-3-4-12-19(18)20/h3-17H,2H2,1H3. The summed E-state index contributed by atoms with van der Waals surface area (Å²) in [5.41, 5.74) is 5.07. The Balaban J connectivity index is 1.87. The normalized spacial score (nSPS) is 11.5. The average Bonchev–Trinajstić information content (AvgIpc) is 3.19. The molecule has 0 unspecified atom stereocenters. The van der Waals surface area contributed by atoms with Crippen molar-refractivity contribution in [1.29, 1.82) is 0 Å². The molecule has 0 aliphatic rings. The first-order chi connectivity index (χ1) is 15.8. The predicted octanol–water partition coefficient (Wildman–Crippen LogP) is 6.64. The van der Waals surface area contributed by atoms with Gasteiger partial charge in [0.05, 0.1) is 34.4 Å². The predicted molar refractivity (Wildman–Crippen MR) is 129 cm³/mol. The smallest absolute Gasteiger partial charge is 0.340 e. The third kappa shape index (κ3) is 2.63. The van der Waals surface area contributed by atoms with Gasteiger partial charge in [-0.2, -0.15) is 0 Å². The van der Waals surface area contributed by atoms with Crippen LogP contribution < -0.4 is 0 Å². The quantitative estimate of drug-likeness (QED) is 0.304. The Kier molecular flexibility index (Phi) is 4.18. The van der Waals surface area contributed by atoms with Gasteiger partial charge in [0.1, 0.15) is 0 Å². The van der Waals surface area contributed by atoms with Crippen molar-refractivity contribution in [3.8, 4) is 11.3 Å². The fourth-order valence-corrected chi connectivity index (χ4v) is 4.69. The molecule has 4 heteroatoms. The molecule has 6 aromatic rings. The molecule has 0 fully saturated rings. The van der Waals surface area contributed by atoms with Crippen LogP contribution in [0.3, 0.4) is 0 Å². The first-order valence-electron chi connectivity index (χ1n) is 10.7. The number of carbonyl (C=O) groups excluding carboxylic acids is 1. The van der Waals surface area contributed by atoms with Crippen LogP contribution >= 0.6 is 0 Å². The van der Waals surface area contributed by atoms with Gasteiger partial charge in [-0.1, -0.05) is 66.7 Å². The summed E-state index contributed by atoms with van der Waals surface area (Å²) in [6.07, 6.45) is 1.99. The highest BCUT2D eigenvalue weighted by Crippen LogP contribution is 2.40. The van der Waals surface area contributed by atoms with Crippen LogP contribution in [0, 0.1) is 0 Å². The van der Waals surface area contributed by atoms with E-state index >= 15 is 0 Å². The Morgan fingerprint density at radius 1 is 0.875 bits per heavy atom. The van der Waals surface area contributed by atoms with Crippen molar-refractivity contribution in [2.45, 2.75) is 6.92 Å². The van der Waals surface area contributed by atoms with Gasteiger partial charge < -0.3 is 9.14 Å². The van der Waals surface area contributed by atoms with Gasteiger partial charge in [-0.05, 0) is 35.9 Å². The molecule has 3 aromatic heterocycles. The van der Waals surface area contributed by atoms with E-state index < -0.39 is 0 Å². The molecule has 3 aromatic carbocycles. The molecule has 0 amide bonds. The number of hydrogen-bond donors (Lipinski definition) is 0. The van der Waals surface area contributed by atoms with Crippen LogP contribution in [0.2, 0.25) is 0 Å². The maximum Gasteiger partial charge on any atom is 0.340 e. The molecule has 4 nitrogen and oxygen atoms in total. The van der Waals surface area contributed by atoms with Crippen LogP contribution in [0.1, 0.15) is 17.3 Å². The van der Waals surface area contributed by atoms with Gasteiger partial charge in [-0.3, -0.25) is 0 Å². The fourth-order valence-electron chi connectivity index (χ4n) is 4.69. The van der Waals surface area contributed by atoms with Crippen LogP contribution in [0.25, 0.3) is 49.4 Å². The maximum atomic E-state index is 13.2. The molecular weight excluding hydrogens is 396 g/mol. The number of esters is 1. The first kappa shape index (κ1) is 18.6. The van der Waals surface area contributed by atoms with Crippen LogP contribution in [0.5, 0.6) is 0 Å². The molecule has 0 aliphatic heterocycles. The Bertz CT molecular complexity index is 1660. The molecule has 0 radical (unpaired) electrons. The van der Waals surface area contributed by atoms with E-state index in [0.29, 0.717) is 12.2 Å². The van der Waals surface area contributed by atoms with E-state index in [1.54, 1.807) is 0 Å². The molecule has 32 heavy (non-hydrogen) atoms. The zero-order valence-corrected chi connectivity index (χ0v) is 17.6. The van der Waals surface area contributed by atoms with Crippen LogP contribution in [0.4, 0.5) is 0 Å². The van der Waals surface area contributed by atoms with Crippen molar-refractivity contribution in [2.75, 3.05) is 6.61 Å². The number of nitrogens with zero attached hydrogens (tertiary/aromatic N) is 2. The van der Waals surface area contributed by atoms with E-state index in [2.05, 4.69) is 34.7 Å². The minimum absolute atomic E-state index is 0.313. The molecule has 154 valence electrons. The third-order valence-electron chi connectivity index (χ3n) is 6.00. The lowest BCUT2D eigenvalue weighted by Crippen LogP contribution is -2.04. The van der Waals surface area contributed by atoms with Crippen molar-refractivity contribution in [3.05, 3.63) is 96.7 Å². The van der Waals surface area contributed by atoms with Gasteiger partial charge in [0.25, 0.3) is 0 Å². The van der Waals surface area contributed by atoms with Gasteiger partial charge in [0.15, 0.2) is 0 Å². The van der Waals surface area contributed by atoms with E-state index in [1.165, 1.54) is 0 Å². The SMILES string of the molecule is CCOC(=O)c1c2c3ccccc3nc(-c3cccc4ccccc34)c2n2ccccc12. The summed E-state index contributed by atoms with van der Waals surface area (Å²) in [7, 11) is 0. The third-order valence-corrected chi connectivity index (χ3v) is 6.00. The molecule has 0 bridgehead atoms. The number of para-hydroxylation sites is 1. The number of benzene rings is 3. The zero-order valence-electron chi connectivity index (χ0n) is 17.6. The Morgan fingerprint density at radius 3 is 2.50 bits per heavy atom. The summed E-state index contributed by atoms with van der Waals surface area (Å²) in [6, 6.07) is 28.5. The van der Waals surface area contributed by atoms with E-state index in [0.717, 1.165) is 49.4 Å². The zero-order chi connectivity index (χ0) is 21.7. The maximum absolute atomic E-state index is 13.2. The highest BCUT2D eigenvalue weighted by molar-refractivity contribution is 6.23. The lowest BCUT2D eigenvalue weighted by atomic mass is 9.98. The van der Waals surface area contributed by atoms with Crippen LogP contribution in [-0.2, 0) is 4.74 Å². The second-order valence-electron chi connectivity index (χ2n) is 7.78. The lowest BCUT2D eigenvalue weighted by molar-refractivity contribution is 0.0531. The number of ether oxygens (including phenoxy) is 1. The van der Waals surface area contributed by atoms with Gasteiger partial charge in [-0.25, -0.2) is 9.78 Å². The summed E-state index contributed by atoms with van der Waals surface area (Å²) in [4.78, 5) is 18.3. The monoisotopic (exact) mass is 416 g/mol.